The molecule has 2 N–H and O–H groups in total. The first kappa shape index (κ1) is 18.0. The summed E-state index contributed by atoms with van der Waals surface area (Å²) in [5.74, 6) is 0.466. The molecule has 0 spiro atoms. The first-order valence-corrected chi connectivity index (χ1v) is 8.76. The van der Waals surface area contributed by atoms with Crippen LogP contribution in [0.25, 0.3) is 0 Å². The van der Waals surface area contributed by atoms with Gasteiger partial charge in [-0.2, -0.15) is 0 Å². The number of rotatable bonds is 9. The third-order valence-corrected chi connectivity index (χ3v) is 4.28. The van der Waals surface area contributed by atoms with Crippen LogP contribution in [0, 0.1) is 6.92 Å². The van der Waals surface area contributed by atoms with Crippen molar-refractivity contribution in [2.45, 2.75) is 19.8 Å². The van der Waals surface area contributed by atoms with Crippen LogP contribution in [-0.2, 0) is 4.79 Å². The Morgan fingerprint density at radius 3 is 2.54 bits per heavy atom. The Hall–Kier alpha value is -2.34. The van der Waals surface area contributed by atoms with E-state index in [1.165, 1.54) is 11.3 Å². The number of benzene rings is 1. The minimum absolute atomic E-state index is 0.00367. The van der Waals surface area contributed by atoms with E-state index in [9.17, 15) is 9.59 Å². The summed E-state index contributed by atoms with van der Waals surface area (Å²) >= 11 is 1.41. The number of thiophene rings is 1. The Balaban J connectivity index is 1.51. The fraction of sp³-hybridized carbons (Fsp3) is 0.333. The van der Waals surface area contributed by atoms with Gasteiger partial charge in [-0.3, -0.25) is 9.59 Å². The molecule has 0 aliphatic carbocycles. The standard InChI is InChI=1S/C18H22N2O3S/c1-14-9-10-16(24-14)18(22)20-13-17(21)19-11-5-6-12-23-15-7-3-2-4-8-15/h2-4,7-10H,5-6,11-13H2,1H3,(H,19,21)(H,20,22). The van der Waals surface area contributed by atoms with Gasteiger partial charge in [0.1, 0.15) is 5.75 Å². The summed E-state index contributed by atoms with van der Waals surface area (Å²) in [7, 11) is 0. The van der Waals surface area contributed by atoms with E-state index in [0.29, 0.717) is 18.0 Å². The molecule has 1 aromatic carbocycles. The smallest absolute Gasteiger partial charge is 0.261 e. The maximum absolute atomic E-state index is 11.8. The van der Waals surface area contributed by atoms with E-state index in [0.717, 1.165) is 23.5 Å². The number of aryl methyl sites for hydroxylation is 1. The van der Waals surface area contributed by atoms with E-state index >= 15 is 0 Å². The minimum atomic E-state index is -0.209. The Kier molecular flexibility index (Phi) is 7.29. The molecular weight excluding hydrogens is 324 g/mol. The lowest BCUT2D eigenvalue weighted by Gasteiger charge is -2.07. The number of ether oxygens (including phenoxy) is 1. The van der Waals surface area contributed by atoms with Gasteiger partial charge in [0, 0.05) is 11.4 Å². The molecule has 0 aliphatic rings. The second-order valence-electron chi connectivity index (χ2n) is 5.31. The van der Waals surface area contributed by atoms with E-state index in [4.69, 9.17) is 4.74 Å². The number of carbonyl (C=O) groups excluding carboxylic acids is 2. The van der Waals surface area contributed by atoms with Crippen LogP contribution in [0.5, 0.6) is 5.75 Å². The number of unbranched alkanes of at least 4 members (excludes halogenated alkanes) is 1. The van der Waals surface area contributed by atoms with Gasteiger partial charge in [-0.25, -0.2) is 0 Å². The van der Waals surface area contributed by atoms with Crippen LogP contribution >= 0.6 is 11.3 Å². The predicted molar refractivity (Wildman–Crippen MR) is 95.6 cm³/mol. The predicted octanol–water partition coefficient (Wildman–Crippen LogP) is 2.76. The number of amides is 2. The van der Waals surface area contributed by atoms with Gasteiger partial charge in [0.15, 0.2) is 0 Å². The first-order chi connectivity index (χ1) is 11.6. The number of nitrogens with one attached hydrogen (secondary N) is 2. The topological polar surface area (TPSA) is 67.4 Å². The largest absolute Gasteiger partial charge is 0.494 e. The highest BCUT2D eigenvalue weighted by molar-refractivity contribution is 7.13. The molecule has 0 unspecified atom stereocenters. The molecule has 0 fully saturated rings. The summed E-state index contributed by atoms with van der Waals surface area (Å²) in [6.45, 7) is 3.13. The van der Waals surface area contributed by atoms with Crippen molar-refractivity contribution >= 4 is 23.2 Å². The van der Waals surface area contributed by atoms with E-state index in [2.05, 4.69) is 10.6 Å². The van der Waals surface area contributed by atoms with E-state index in [1.807, 2.05) is 43.3 Å². The third-order valence-electron chi connectivity index (χ3n) is 3.28. The molecule has 1 aromatic heterocycles. The van der Waals surface area contributed by atoms with Crippen molar-refractivity contribution in [3.63, 3.8) is 0 Å². The number of para-hydroxylation sites is 1. The minimum Gasteiger partial charge on any atom is -0.494 e. The van der Waals surface area contributed by atoms with Gasteiger partial charge in [-0.05, 0) is 44.0 Å². The SMILES string of the molecule is Cc1ccc(C(=O)NCC(=O)NCCCCOc2ccccc2)s1. The monoisotopic (exact) mass is 346 g/mol. The van der Waals surface area contributed by atoms with Gasteiger partial charge in [-0.1, -0.05) is 18.2 Å². The van der Waals surface area contributed by atoms with Crippen molar-refractivity contribution < 1.29 is 14.3 Å². The Morgan fingerprint density at radius 2 is 1.83 bits per heavy atom. The summed E-state index contributed by atoms with van der Waals surface area (Å²) < 4.78 is 5.57. The van der Waals surface area contributed by atoms with Crippen molar-refractivity contribution in [3.8, 4) is 5.75 Å². The van der Waals surface area contributed by atoms with Crippen molar-refractivity contribution in [2.24, 2.45) is 0 Å². The summed E-state index contributed by atoms with van der Waals surface area (Å²) in [4.78, 5) is 25.2. The van der Waals surface area contributed by atoms with Crippen LogP contribution in [0.4, 0.5) is 0 Å². The molecule has 1 heterocycles. The van der Waals surface area contributed by atoms with Gasteiger partial charge in [0.05, 0.1) is 18.0 Å². The van der Waals surface area contributed by atoms with Crippen LogP contribution in [0.3, 0.4) is 0 Å². The molecule has 0 saturated carbocycles. The maximum atomic E-state index is 11.8. The molecule has 0 atom stereocenters. The summed E-state index contributed by atoms with van der Waals surface area (Å²) in [6, 6.07) is 13.3. The van der Waals surface area contributed by atoms with Crippen LogP contribution in [0.1, 0.15) is 27.4 Å². The lowest BCUT2D eigenvalue weighted by molar-refractivity contribution is -0.120. The van der Waals surface area contributed by atoms with E-state index < -0.39 is 0 Å². The van der Waals surface area contributed by atoms with Gasteiger partial charge >= 0.3 is 0 Å². The molecule has 0 saturated heterocycles. The number of hydrogen-bond donors (Lipinski definition) is 2. The zero-order chi connectivity index (χ0) is 17.2. The first-order valence-electron chi connectivity index (χ1n) is 7.94. The van der Waals surface area contributed by atoms with Gasteiger partial charge in [0.2, 0.25) is 5.91 Å². The normalized spacial score (nSPS) is 10.2. The summed E-state index contributed by atoms with van der Waals surface area (Å²) in [6.07, 6.45) is 1.69. The van der Waals surface area contributed by atoms with Crippen molar-refractivity contribution in [1.29, 1.82) is 0 Å². The second kappa shape index (κ2) is 9.72. The highest BCUT2D eigenvalue weighted by Crippen LogP contribution is 2.14. The number of hydrogen-bond acceptors (Lipinski definition) is 4. The fourth-order valence-corrected chi connectivity index (χ4v) is 2.81. The molecule has 2 amide bonds. The molecular formula is C18H22N2O3S. The van der Waals surface area contributed by atoms with Gasteiger partial charge in [-0.15, -0.1) is 11.3 Å². The second-order valence-corrected chi connectivity index (χ2v) is 6.60. The zero-order valence-corrected chi connectivity index (χ0v) is 14.5. The van der Waals surface area contributed by atoms with Crippen LogP contribution in [0.2, 0.25) is 0 Å². The van der Waals surface area contributed by atoms with Gasteiger partial charge in [0.25, 0.3) is 5.91 Å². The zero-order valence-electron chi connectivity index (χ0n) is 13.7. The molecule has 6 heteroatoms. The molecule has 0 bridgehead atoms. The highest BCUT2D eigenvalue weighted by Gasteiger charge is 2.09. The summed E-state index contributed by atoms with van der Waals surface area (Å²) in [5, 5.41) is 5.41. The average Bonchev–Trinajstić information content (AvgIpc) is 3.03. The number of carbonyl (C=O) groups is 2. The molecule has 24 heavy (non-hydrogen) atoms. The van der Waals surface area contributed by atoms with E-state index in [1.54, 1.807) is 6.07 Å². The molecule has 0 radical (unpaired) electrons. The molecule has 128 valence electrons. The summed E-state index contributed by atoms with van der Waals surface area (Å²) in [5.41, 5.74) is 0. The van der Waals surface area contributed by atoms with Crippen molar-refractivity contribution in [2.75, 3.05) is 19.7 Å². The Morgan fingerprint density at radius 1 is 1.04 bits per heavy atom. The molecule has 5 nitrogen and oxygen atoms in total. The molecule has 0 aliphatic heterocycles. The highest BCUT2D eigenvalue weighted by atomic mass is 32.1. The Labute approximate surface area is 146 Å². The lowest BCUT2D eigenvalue weighted by atomic mass is 10.3. The van der Waals surface area contributed by atoms with Crippen LogP contribution < -0.4 is 15.4 Å². The average molecular weight is 346 g/mol. The fourth-order valence-electron chi connectivity index (χ4n) is 2.03. The van der Waals surface area contributed by atoms with Crippen LogP contribution in [0.15, 0.2) is 42.5 Å². The third kappa shape index (κ3) is 6.42. The molecule has 2 aromatic rings. The van der Waals surface area contributed by atoms with Crippen molar-refractivity contribution in [3.05, 3.63) is 52.2 Å². The Bertz CT molecular complexity index is 655. The lowest BCUT2D eigenvalue weighted by Crippen LogP contribution is -2.37. The van der Waals surface area contributed by atoms with Gasteiger partial charge < -0.3 is 15.4 Å². The van der Waals surface area contributed by atoms with Crippen molar-refractivity contribution in [1.82, 2.24) is 10.6 Å². The van der Waals surface area contributed by atoms with Crippen LogP contribution in [-0.4, -0.2) is 31.5 Å². The maximum Gasteiger partial charge on any atom is 0.261 e. The quantitative estimate of drug-likeness (QED) is 0.686. The molecule has 2 rings (SSSR count). The van der Waals surface area contributed by atoms with E-state index in [-0.39, 0.29) is 18.4 Å².